The van der Waals surface area contributed by atoms with Crippen molar-refractivity contribution in [2.75, 3.05) is 26.2 Å². The van der Waals surface area contributed by atoms with Gasteiger partial charge in [-0.1, -0.05) is 6.07 Å². The van der Waals surface area contributed by atoms with Crippen molar-refractivity contribution in [1.82, 2.24) is 9.62 Å². The van der Waals surface area contributed by atoms with E-state index >= 15 is 0 Å². The fraction of sp³-hybridized carbons (Fsp3) is 0.538. The van der Waals surface area contributed by atoms with Gasteiger partial charge in [0.1, 0.15) is 0 Å². The molecule has 1 aromatic rings. The summed E-state index contributed by atoms with van der Waals surface area (Å²) in [4.78, 5) is 12.3. The number of non-ortho nitro benzene ring substituents is 1. The zero-order valence-electron chi connectivity index (χ0n) is 11.7. The van der Waals surface area contributed by atoms with Crippen molar-refractivity contribution in [3.8, 4) is 0 Å². The van der Waals surface area contributed by atoms with Crippen LogP contribution in [0.4, 0.5) is 5.69 Å². The molecule has 116 valence electrons. The summed E-state index contributed by atoms with van der Waals surface area (Å²) in [7, 11) is -3.69. The predicted octanol–water partition coefficient (Wildman–Crippen LogP) is 1.36. The van der Waals surface area contributed by atoms with Gasteiger partial charge in [-0.05, 0) is 45.0 Å². The van der Waals surface area contributed by atoms with E-state index in [1.807, 2.05) is 0 Å². The number of hydrogen-bond acceptors (Lipinski definition) is 5. The van der Waals surface area contributed by atoms with Crippen LogP contribution in [-0.4, -0.2) is 44.4 Å². The van der Waals surface area contributed by atoms with Crippen LogP contribution in [0.3, 0.4) is 0 Å². The van der Waals surface area contributed by atoms with Gasteiger partial charge >= 0.3 is 0 Å². The Morgan fingerprint density at radius 1 is 1.29 bits per heavy atom. The van der Waals surface area contributed by atoms with Gasteiger partial charge in [0.05, 0.1) is 9.82 Å². The Kier molecular flexibility index (Phi) is 5.27. The molecule has 1 N–H and O–H groups in total. The maximum Gasteiger partial charge on any atom is 0.270 e. The largest absolute Gasteiger partial charge is 0.303 e. The van der Waals surface area contributed by atoms with Crippen molar-refractivity contribution in [3.63, 3.8) is 0 Å². The first-order valence-electron chi connectivity index (χ1n) is 6.95. The van der Waals surface area contributed by atoms with Gasteiger partial charge in [0, 0.05) is 18.7 Å². The van der Waals surface area contributed by atoms with Gasteiger partial charge in [-0.25, -0.2) is 13.1 Å². The summed E-state index contributed by atoms with van der Waals surface area (Å²) in [5, 5.41) is 10.7. The summed E-state index contributed by atoms with van der Waals surface area (Å²) in [6, 6.07) is 5.07. The van der Waals surface area contributed by atoms with Crippen molar-refractivity contribution in [2.45, 2.75) is 24.2 Å². The third-order valence-electron chi connectivity index (χ3n) is 3.48. The second kappa shape index (κ2) is 6.97. The average molecular weight is 313 g/mol. The van der Waals surface area contributed by atoms with Gasteiger partial charge in [0.25, 0.3) is 5.69 Å². The molecule has 0 unspecified atom stereocenters. The van der Waals surface area contributed by atoms with Gasteiger partial charge in [-0.3, -0.25) is 10.1 Å². The summed E-state index contributed by atoms with van der Waals surface area (Å²) in [5.74, 6) is 0. The number of nitrogens with zero attached hydrogens (tertiary/aromatic N) is 2. The third-order valence-corrected chi connectivity index (χ3v) is 4.94. The second-order valence-electron chi connectivity index (χ2n) is 5.05. The van der Waals surface area contributed by atoms with E-state index in [1.54, 1.807) is 0 Å². The fourth-order valence-corrected chi connectivity index (χ4v) is 3.48. The Hall–Kier alpha value is -1.51. The first-order valence-corrected chi connectivity index (χ1v) is 8.44. The summed E-state index contributed by atoms with van der Waals surface area (Å²) < 4.78 is 26.6. The highest BCUT2D eigenvalue weighted by atomic mass is 32.2. The van der Waals surface area contributed by atoms with Crippen molar-refractivity contribution < 1.29 is 13.3 Å². The van der Waals surface area contributed by atoms with E-state index in [9.17, 15) is 18.5 Å². The van der Waals surface area contributed by atoms with E-state index in [0.717, 1.165) is 32.1 Å². The van der Waals surface area contributed by atoms with Gasteiger partial charge in [-0.15, -0.1) is 0 Å². The van der Waals surface area contributed by atoms with Gasteiger partial charge < -0.3 is 4.90 Å². The van der Waals surface area contributed by atoms with E-state index in [0.29, 0.717) is 6.54 Å². The van der Waals surface area contributed by atoms with E-state index in [4.69, 9.17) is 0 Å². The zero-order valence-corrected chi connectivity index (χ0v) is 12.5. The van der Waals surface area contributed by atoms with Gasteiger partial charge in [0.15, 0.2) is 0 Å². The number of nitro benzene ring substituents is 1. The van der Waals surface area contributed by atoms with Crippen LogP contribution in [0.15, 0.2) is 29.2 Å². The molecule has 0 aliphatic carbocycles. The third kappa shape index (κ3) is 4.48. The Bertz CT molecular complexity index is 597. The van der Waals surface area contributed by atoms with Gasteiger partial charge in [-0.2, -0.15) is 0 Å². The number of rotatable bonds is 7. The minimum absolute atomic E-state index is 0.0714. The lowest BCUT2D eigenvalue weighted by Crippen LogP contribution is -2.28. The molecule has 0 atom stereocenters. The normalized spacial score (nSPS) is 16.2. The Morgan fingerprint density at radius 3 is 2.67 bits per heavy atom. The van der Waals surface area contributed by atoms with E-state index in [2.05, 4.69) is 9.62 Å². The predicted molar refractivity (Wildman–Crippen MR) is 78.6 cm³/mol. The minimum atomic E-state index is -3.69. The molecule has 1 saturated heterocycles. The molecule has 0 bridgehead atoms. The molecule has 1 aromatic carbocycles. The van der Waals surface area contributed by atoms with E-state index in [-0.39, 0.29) is 10.6 Å². The van der Waals surface area contributed by atoms with Crippen LogP contribution in [-0.2, 0) is 10.0 Å². The van der Waals surface area contributed by atoms with Crippen LogP contribution < -0.4 is 4.72 Å². The molecule has 2 rings (SSSR count). The monoisotopic (exact) mass is 313 g/mol. The summed E-state index contributed by atoms with van der Waals surface area (Å²) in [5.41, 5.74) is -0.227. The lowest BCUT2D eigenvalue weighted by Gasteiger charge is -2.14. The number of nitrogens with one attached hydrogen (secondary N) is 1. The highest BCUT2D eigenvalue weighted by molar-refractivity contribution is 7.89. The Balaban J connectivity index is 1.88. The number of benzene rings is 1. The molecule has 0 spiro atoms. The molecule has 0 aromatic heterocycles. The molecule has 1 fully saturated rings. The number of hydrogen-bond donors (Lipinski definition) is 1. The molecule has 8 heteroatoms. The molecule has 7 nitrogen and oxygen atoms in total. The molecule has 21 heavy (non-hydrogen) atoms. The van der Waals surface area contributed by atoms with Crippen LogP contribution in [0.1, 0.15) is 19.3 Å². The van der Waals surface area contributed by atoms with Crippen LogP contribution in [0.2, 0.25) is 0 Å². The van der Waals surface area contributed by atoms with Crippen molar-refractivity contribution in [3.05, 3.63) is 34.4 Å². The van der Waals surface area contributed by atoms with E-state index in [1.165, 1.54) is 31.0 Å². The molecular formula is C13H19N3O4S. The first kappa shape index (κ1) is 15.9. The topological polar surface area (TPSA) is 92.5 Å². The zero-order chi connectivity index (χ0) is 15.3. The summed E-state index contributed by atoms with van der Waals surface area (Å²) in [6.07, 6.45) is 3.15. The number of likely N-dealkylation sites (tertiary alicyclic amines) is 1. The highest BCUT2D eigenvalue weighted by Crippen LogP contribution is 2.17. The SMILES string of the molecule is O=[N+]([O-])c1cccc(S(=O)(=O)NCCCN2CCCC2)c1. The average Bonchev–Trinajstić information content (AvgIpc) is 2.97. The molecule has 1 aliphatic heterocycles. The molecular weight excluding hydrogens is 294 g/mol. The maximum absolute atomic E-state index is 12.1. The lowest BCUT2D eigenvalue weighted by atomic mass is 10.3. The highest BCUT2D eigenvalue weighted by Gasteiger charge is 2.17. The van der Waals surface area contributed by atoms with E-state index < -0.39 is 14.9 Å². The van der Waals surface area contributed by atoms with Crippen LogP contribution in [0.25, 0.3) is 0 Å². The molecule has 1 aliphatic rings. The Morgan fingerprint density at radius 2 is 2.00 bits per heavy atom. The smallest absolute Gasteiger partial charge is 0.270 e. The van der Waals surface area contributed by atoms with Gasteiger partial charge in [0.2, 0.25) is 10.0 Å². The molecule has 0 radical (unpaired) electrons. The minimum Gasteiger partial charge on any atom is -0.303 e. The fourth-order valence-electron chi connectivity index (χ4n) is 2.36. The molecule has 1 heterocycles. The maximum atomic E-state index is 12.1. The summed E-state index contributed by atoms with van der Waals surface area (Å²) >= 11 is 0. The van der Waals surface area contributed by atoms with Crippen molar-refractivity contribution in [1.29, 1.82) is 0 Å². The first-order chi connectivity index (χ1) is 9.99. The standard InChI is InChI=1S/C13H19N3O4S/c17-16(18)12-5-3-6-13(11-12)21(19,20)14-7-4-10-15-8-1-2-9-15/h3,5-6,11,14H,1-2,4,7-10H2. The van der Waals surface area contributed by atoms with Crippen molar-refractivity contribution in [2.24, 2.45) is 0 Å². The molecule has 0 amide bonds. The quantitative estimate of drug-likeness (QED) is 0.466. The lowest BCUT2D eigenvalue weighted by molar-refractivity contribution is -0.385. The second-order valence-corrected chi connectivity index (χ2v) is 6.82. The van der Waals surface area contributed by atoms with Crippen LogP contribution >= 0.6 is 0 Å². The van der Waals surface area contributed by atoms with Crippen molar-refractivity contribution >= 4 is 15.7 Å². The van der Waals surface area contributed by atoms with Crippen LogP contribution in [0, 0.1) is 10.1 Å². The number of nitro groups is 1. The van der Waals surface area contributed by atoms with Crippen LogP contribution in [0.5, 0.6) is 0 Å². The molecule has 0 saturated carbocycles. The number of sulfonamides is 1. The summed E-state index contributed by atoms with van der Waals surface area (Å²) in [6.45, 7) is 3.37. The Labute approximate surface area is 124 Å².